The summed E-state index contributed by atoms with van der Waals surface area (Å²) in [6.45, 7) is 4.99. The van der Waals surface area contributed by atoms with Crippen LogP contribution < -0.4 is 10.2 Å². The molecule has 0 radical (unpaired) electrons. The van der Waals surface area contributed by atoms with Crippen molar-refractivity contribution < 1.29 is 22.5 Å². The van der Waals surface area contributed by atoms with E-state index in [0.29, 0.717) is 25.3 Å². The van der Waals surface area contributed by atoms with Gasteiger partial charge in [0.05, 0.1) is 18.3 Å². The number of quaternary nitrogens is 1. The summed E-state index contributed by atoms with van der Waals surface area (Å²) < 4.78 is 32.0. The maximum absolute atomic E-state index is 12.7. The predicted molar refractivity (Wildman–Crippen MR) is 104 cm³/mol. The summed E-state index contributed by atoms with van der Waals surface area (Å²) in [5.74, 6) is 0.562. The molecule has 148 valence electrons. The minimum Gasteiger partial charge on any atom is -0.463 e. The number of carbonyl (C=O) groups excluding carboxylic acids is 1. The molecular weight excluding hydrogens is 390 g/mol. The van der Waals surface area contributed by atoms with E-state index >= 15 is 0 Å². The van der Waals surface area contributed by atoms with E-state index in [1.54, 1.807) is 32.2 Å². The Labute approximate surface area is 164 Å². The molecule has 27 heavy (non-hydrogen) atoms. The number of hydrogen-bond acceptors (Lipinski definition) is 4. The number of benzene rings is 1. The molecule has 1 aromatic heterocycles. The van der Waals surface area contributed by atoms with Crippen LogP contribution in [0.4, 0.5) is 5.69 Å². The number of furan rings is 1. The fourth-order valence-corrected chi connectivity index (χ4v) is 4.69. The summed E-state index contributed by atoms with van der Waals surface area (Å²) in [6, 6.07) is 8.12. The van der Waals surface area contributed by atoms with Crippen molar-refractivity contribution in [1.29, 1.82) is 0 Å². The molecule has 0 bridgehead atoms. The first-order valence-corrected chi connectivity index (χ1v) is 10.5. The Balaban J connectivity index is 2.10. The molecule has 0 aliphatic rings. The first kappa shape index (κ1) is 21.4. The molecule has 1 atom stereocenters. The number of anilines is 1. The molecule has 1 unspecified atom stereocenters. The maximum atomic E-state index is 12.7. The van der Waals surface area contributed by atoms with Gasteiger partial charge in [0.2, 0.25) is 10.0 Å². The highest BCUT2D eigenvalue weighted by Gasteiger charge is 2.25. The van der Waals surface area contributed by atoms with E-state index in [1.807, 2.05) is 13.1 Å². The Hall–Kier alpha value is -1.87. The van der Waals surface area contributed by atoms with Crippen molar-refractivity contribution in [3.8, 4) is 0 Å². The third kappa shape index (κ3) is 5.55. The van der Waals surface area contributed by atoms with E-state index in [9.17, 15) is 13.2 Å². The molecule has 2 aromatic rings. The van der Waals surface area contributed by atoms with Gasteiger partial charge in [-0.3, -0.25) is 4.79 Å². The van der Waals surface area contributed by atoms with Crippen LogP contribution in [-0.2, 0) is 21.4 Å². The molecule has 0 saturated heterocycles. The lowest BCUT2D eigenvalue weighted by atomic mass is 10.3. The highest BCUT2D eigenvalue weighted by molar-refractivity contribution is 7.89. The number of amides is 1. The number of rotatable bonds is 9. The monoisotopic (exact) mass is 414 g/mol. The van der Waals surface area contributed by atoms with Gasteiger partial charge in [-0.2, -0.15) is 4.31 Å². The van der Waals surface area contributed by atoms with Gasteiger partial charge in [0.15, 0.2) is 12.3 Å². The highest BCUT2D eigenvalue weighted by atomic mass is 35.5. The lowest BCUT2D eigenvalue weighted by Crippen LogP contribution is -3.08. The number of carbonyl (C=O) groups is 1. The fraction of sp³-hybridized carbons (Fsp3) is 0.389. The molecule has 0 fully saturated rings. The van der Waals surface area contributed by atoms with Crippen LogP contribution in [0.15, 0.2) is 45.9 Å². The molecule has 0 spiro atoms. The molecule has 2 N–H and O–H groups in total. The third-order valence-corrected chi connectivity index (χ3v) is 6.59. The van der Waals surface area contributed by atoms with Crippen molar-refractivity contribution in [3.05, 3.63) is 47.4 Å². The molecule has 9 heteroatoms. The van der Waals surface area contributed by atoms with Crippen molar-refractivity contribution in [2.24, 2.45) is 0 Å². The zero-order valence-electron chi connectivity index (χ0n) is 15.7. The molecular formula is C18H25ClN3O4S+. The highest BCUT2D eigenvalue weighted by Crippen LogP contribution is 2.27. The second-order valence-corrected chi connectivity index (χ2v) is 8.49. The Kier molecular flexibility index (Phi) is 7.43. The molecule has 1 amide bonds. The Morgan fingerprint density at radius 3 is 2.56 bits per heavy atom. The molecule has 0 aliphatic carbocycles. The lowest BCUT2D eigenvalue weighted by molar-refractivity contribution is -0.886. The van der Waals surface area contributed by atoms with E-state index in [2.05, 4.69) is 5.32 Å². The molecule has 1 aromatic carbocycles. The van der Waals surface area contributed by atoms with Crippen molar-refractivity contribution in [3.63, 3.8) is 0 Å². The van der Waals surface area contributed by atoms with Gasteiger partial charge in [-0.05, 0) is 30.3 Å². The Morgan fingerprint density at radius 2 is 1.96 bits per heavy atom. The topological polar surface area (TPSA) is 84.1 Å². The van der Waals surface area contributed by atoms with Gasteiger partial charge < -0.3 is 14.6 Å². The van der Waals surface area contributed by atoms with Crippen LogP contribution in [0.2, 0.25) is 5.02 Å². The van der Waals surface area contributed by atoms with Crippen LogP contribution in [0, 0.1) is 0 Å². The van der Waals surface area contributed by atoms with Crippen LogP contribution in [0.25, 0.3) is 0 Å². The SMILES string of the molecule is CCN(CC)S(=O)(=O)c1cc(NC(=O)C[NH+](C)Cc2ccco2)ccc1Cl. The van der Waals surface area contributed by atoms with Crippen molar-refractivity contribution in [1.82, 2.24) is 4.31 Å². The quantitative estimate of drug-likeness (QED) is 0.653. The molecule has 0 saturated carbocycles. The summed E-state index contributed by atoms with van der Waals surface area (Å²) in [5.41, 5.74) is 0.390. The fourth-order valence-electron chi connectivity index (χ4n) is 2.73. The Bertz CT molecular complexity index is 865. The first-order valence-electron chi connectivity index (χ1n) is 8.71. The van der Waals surface area contributed by atoms with E-state index in [4.69, 9.17) is 16.0 Å². The number of halogens is 1. The molecule has 1 heterocycles. The minimum atomic E-state index is -3.72. The standard InChI is InChI=1S/C18H24ClN3O4S/c1-4-22(5-2)27(24,25)17-11-14(8-9-16(17)19)20-18(23)13-21(3)12-15-7-6-10-26-15/h6-11H,4-5,12-13H2,1-3H3,(H,20,23)/p+1. The van der Waals surface area contributed by atoms with Gasteiger partial charge in [-0.25, -0.2) is 8.42 Å². The van der Waals surface area contributed by atoms with Crippen LogP contribution >= 0.6 is 11.6 Å². The molecule has 2 rings (SSSR count). The predicted octanol–water partition coefficient (Wildman–Crippen LogP) is 1.62. The van der Waals surface area contributed by atoms with E-state index in [-0.39, 0.29) is 22.4 Å². The second-order valence-electron chi connectivity index (χ2n) is 6.17. The van der Waals surface area contributed by atoms with E-state index in [1.165, 1.54) is 16.4 Å². The average molecular weight is 415 g/mol. The van der Waals surface area contributed by atoms with Crippen molar-refractivity contribution >= 4 is 33.2 Å². The van der Waals surface area contributed by atoms with Gasteiger partial charge in [-0.15, -0.1) is 0 Å². The van der Waals surface area contributed by atoms with E-state index in [0.717, 1.165) is 10.7 Å². The van der Waals surface area contributed by atoms with Gasteiger partial charge in [-0.1, -0.05) is 25.4 Å². The second kappa shape index (κ2) is 9.36. The largest absolute Gasteiger partial charge is 0.463 e. The van der Waals surface area contributed by atoms with Crippen LogP contribution in [0.3, 0.4) is 0 Å². The molecule has 0 aliphatic heterocycles. The number of nitrogens with zero attached hydrogens (tertiary/aromatic N) is 1. The van der Waals surface area contributed by atoms with Gasteiger partial charge in [0.25, 0.3) is 5.91 Å². The van der Waals surface area contributed by atoms with Crippen molar-refractivity contribution in [2.45, 2.75) is 25.3 Å². The average Bonchev–Trinajstić information content (AvgIpc) is 3.09. The molecule has 7 nitrogen and oxygen atoms in total. The summed E-state index contributed by atoms with van der Waals surface area (Å²) in [4.78, 5) is 13.2. The van der Waals surface area contributed by atoms with Crippen LogP contribution in [-0.4, -0.2) is 45.3 Å². The summed E-state index contributed by atoms with van der Waals surface area (Å²) >= 11 is 6.11. The van der Waals surface area contributed by atoms with Crippen molar-refractivity contribution in [2.75, 3.05) is 32.0 Å². The smallest absolute Gasteiger partial charge is 0.279 e. The Morgan fingerprint density at radius 1 is 1.26 bits per heavy atom. The van der Waals surface area contributed by atoms with Gasteiger partial charge in [0.1, 0.15) is 11.4 Å². The number of sulfonamides is 1. The summed E-state index contributed by atoms with van der Waals surface area (Å²) in [6.07, 6.45) is 1.59. The van der Waals surface area contributed by atoms with E-state index < -0.39 is 10.0 Å². The third-order valence-electron chi connectivity index (χ3n) is 4.06. The van der Waals surface area contributed by atoms with Crippen LogP contribution in [0.1, 0.15) is 19.6 Å². The summed E-state index contributed by atoms with van der Waals surface area (Å²) in [7, 11) is -1.84. The summed E-state index contributed by atoms with van der Waals surface area (Å²) in [5, 5.41) is 2.86. The minimum absolute atomic E-state index is 0.0121. The maximum Gasteiger partial charge on any atom is 0.279 e. The zero-order valence-corrected chi connectivity index (χ0v) is 17.2. The number of hydrogen-bond donors (Lipinski definition) is 2. The number of likely N-dealkylation sites (N-methyl/N-ethyl adjacent to an activating group) is 1. The number of nitrogens with one attached hydrogen (secondary N) is 2. The van der Waals surface area contributed by atoms with Gasteiger partial charge >= 0.3 is 0 Å². The van der Waals surface area contributed by atoms with Gasteiger partial charge in [0, 0.05) is 18.8 Å². The lowest BCUT2D eigenvalue weighted by Gasteiger charge is -2.20. The first-order chi connectivity index (χ1) is 12.8. The zero-order chi connectivity index (χ0) is 20.0. The normalized spacial score (nSPS) is 12.9. The van der Waals surface area contributed by atoms with Crippen LogP contribution in [0.5, 0.6) is 0 Å².